The van der Waals surface area contributed by atoms with Crippen LogP contribution in [0.3, 0.4) is 0 Å². The van der Waals surface area contributed by atoms with Gasteiger partial charge < -0.3 is 9.42 Å². The van der Waals surface area contributed by atoms with Gasteiger partial charge in [0.2, 0.25) is 0 Å². The summed E-state index contributed by atoms with van der Waals surface area (Å²) in [5, 5.41) is 0.338. The van der Waals surface area contributed by atoms with Gasteiger partial charge in [0.05, 0.1) is 5.30 Å². The second kappa shape index (κ2) is 14.4. The molecule has 0 radical (unpaired) electrons. The molecule has 2 aromatic rings. The van der Waals surface area contributed by atoms with Gasteiger partial charge in [0.15, 0.2) is 0 Å². The predicted octanol–water partition coefficient (Wildman–Crippen LogP) is 7.82. The maximum Gasteiger partial charge on any atom is 0.408 e. The Morgan fingerprint density at radius 2 is 1.20 bits per heavy atom. The van der Waals surface area contributed by atoms with E-state index in [0.717, 1.165) is 6.42 Å². The Kier molecular flexibility index (Phi) is 11.9. The number of aryl methyl sites for hydroxylation is 1. The van der Waals surface area contributed by atoms with E-state index >= 15 is 0 Å². The first kappa shape index (κ1) is 24.7. The van der Waals surface area contributed by atoms with Gasteiger partial charge in [-0.2, -0.15) is 0 Å². The Morgan fingerprint density at radius 3 is 1.73 bits per heavy atom. The summed E-state index contributed by atoms with van der Waals surface area (Å²) < 4.78 is 17.8. The quantitative estimate of drug-likeness (QED) is 0.218. The van der Waals surface area contributed by atoms with Crippen molar-refractivity contribution in [2.24, 2.45) is 0 Å². The summed E-state index contributed by atoms with van der Waals surface area (Å²) in [5.74, 6) is 0.406. The average molecular weight is 431 g/mol. The van der Waals surface area contributed by atoms with Gasteiger partial charge in [0.25, 0.3) is 0 Å². The largest absolute Gasteiger partial charge is 0.421 e. The molecule has 0 fully saturated rings. The van der Waals surface area contributed by atoms with Gasteiger partial charge in [-0.1, -0.05) is 108 Å². The van der Waals surface area contributed by atoms with E-state index in [2.05, 4.69) is 6.92 Å². The molecule has 0 heterocycles. The fourth-order valence-electron chi connectivity index (χ4n) is 3.70. The third-order valence-electron chi connectivity index (χ3n) is 5.55. The smallest absolute Gasteiger partial charge is 0.408 e. The maximum absolute atomic E-state index is 12.5. The van der Waals surface area contributed by atoms with Crippen molar-refractivity contribution < 1.29 is 14.0 Å². The topological polar surface area (TPSA) is 46.5 Å². The minimum absolute atomic E-state index is 0.338. The first-order chi connectivity index (χ1) is 14.6. The first-order valence-corrected chi connectivity index (χ1v) is 13.4. The van der Waals surface area contributed by atoms with Crippen molar-refractivity contribution in [2.45, 2.75) is 90.4 Å². The Morgan fingerprint density at radius 1 is 0.700 bits per heavy atom. The van der Waals surface area contributed by atoms with Gasteiger partial charge in [-0.15, -0.1) is 0 Å². The van der Waals surface area contributed by atoms with Crippen LogP contribution in [0.15, 0.2) is 54.6 Å². The number of hydrogen-bond acceptors (Lipinski definition) is 2. The number of rotatable bonds is 16. The van der Waals surface area contributed by atoms with Gasteiger partial charge in [-0.05, 0) is 42.7 Å². The van der Waals surface area contributed by atoms with E-state index < -0.39 is 7.60 Å². The Hall–Kier alpha value is -1.57. The summed E-state index contributed by atoms with van der Waals surface area (Å²) in [6, 6.07) is 16.1. The van der Waals surface area contributed by atoms with Crippen LogP contribution < -0.4 is 9.83 Å². The molecule has 0 aliphatic rings. The lowest BCUT2D eigenvalue weighted by molar-refractivity contribution is 0.393. The standard InChI is InChI=1S/C26H39O3P/c1-2-3-4-5-6-7-8-9-10-11-12-14-17-24-20-22-26(23-21-24)30(27,28)29-25-18-15-13-16-19-25/h13,15-16,18-23H,2-12,14,17H2,1H3,(H,27,28). The molecule has 1 N–H and O–H groups in total. The maximum atomic E-state index is 12.5. The van der Waals surface area contributed by atoms with Crippen LogP contribution in [0, 0.1) is 0 Å². The van der Waals surface area contributed by atoms with Crippen LogP contribution in [-0.2, 0) is 11.0 Å². The lowest BCUT2D eigenvalue weighted by Gasteiger charge is -2.14. The Labute approximate surface area is 183 Å². The third-order valence-corrected chi connectivity index (χ3v) is 6.96. The zero-order valence-corrected chi connectivity index (χ0v) is 19.5. The van der Waals surface area contributed by atoms with Gasteiger partial charge in [-0.25, -0.2) is 4.57 Å². The first-order valence-electron chi connectivity index (χ1n) is 11.8. The second-order valence-corrected chi connectivity index (χ2v) is 9.97. The second-order valence-electron chi connectivity index (χ2n) is 8.23. The van der Waals surface area contributed by atoms with E-state index in [0.29, 0.717) is 11.1 Å². The monoisotopic (exact) mass is 430 g/mol. The van der Waals surface area contributed by atoms with E-state index in [1.54, 1.807) is 36.4 Å². The summed E-state index contributed by atoms with van der Waals surface area (Å²) in [7, 11) is -3.85. The molecular formula is C26H39O3P. The van der Waals surface area contributed by atoms with Gasteiger partial charge in [0, 0.05) is 0 Å². The molecule has 1 unspecified atom stereocenters. The zero-order valence-electron chi connectivity index (χ0n) is 18.6. The highest BCUT2D eigenvalue weighted by Crippen LogP contribution is 2.41. The summed E-state index contributed by atoms with van der Waals surface area (Å²) in [6.07, 6.45) is 17.2. The van der Waals surface area contributed by atoms with E-state index in [1.165, 1.54) is 82.6 Å². The molecule has 166 valence electrons. The molecule has 1 atom stereocenters. The third kappa shape index (κ3) is 9.96. The van der Waals surface area contributed by atoms with Crippen molar-refractivity contribution >= 4 is 12.9 Å². The van der Waals surface area contributed by atoms with Crippen molar-refractivity contribution in [3.63, 3.8) is 0 Å². The van der Waals surface area contributed by atoms with Crippen molar-refractivity contribution in [1.29, 1.82) is 0 Å². The summed E-state index contributed by atoms with van der Waals surface area (Å²) in [6.45, 7) is 2.27. The lowest BCUT2D eigenvalue weighted by atomic mass is 10.0. The predicted molar refractivity (Wildman–Crippen MR) is 128 cm³/mol. The van der Waals surface area contributed by atoms with Gasteiger partial charge >= 0.3 is 7.60 Å². The van der Waals surface area contributed by atoms with Crippen LogP contribution in [0.25, 0.3) is 0 Å². The van der Waals surface area contributed by atoms with Crippen molar-refractivity contribution in [1.82, 2.24) is 0 Å². The van der Waals surface area contributed by atoms with Crippen LogP contribution in [-0.4, -0.2) is 4.89 Å². The average Bonchev–Trinajstić information content (AvgIpc) is 2.75. The van der Waals surface area contributed by atoms with E-state index in [4.69, 9.17) is 4.52 Å². The highest BCUT2D eigenvalue weighted by molar-refractivity contribution is 7.61. The van der Waals surface area contributed by atoms with Crippen molar-refractivity contribution in [3.8, 4) is 5.75 Å². The molecule has 2 aromatic carbocycles. The van der Waals surface area contributed by atoms with Crippen LogP contribution in [0.2, 0.25) is 0 Å². The van der Waals surface area contributed by atoms with E-state index in [-0.39, 0.29) is 0 Å². The molecule has 0 saturated heterocycles. The normalized spacial score (nSPS) is 13.1. The number of hydrogen-bond donors (Lipinski definition) is 1. The number of para-hydroxylation sites is 1. The van der Waals surface area contributed by atoms with Crippen LogP contribution in [0.1, 0.15) is 89.5 Å². The minimum Gasteiger partial charge on any atom is -0.421 e. The minimum atomic E-state index is -3.85. The SMILES string of the molecule is CCCCCCCCCCCCCCc1ccc(P(=O)(O)Oc2ccccc2)cc1. The fourth-order valence-corrected chi connectivity index (χ4v) is 4.74. The Bertz CT molecular complexity index is 728. The molecule has 2 rings (SSSR count). The molecule has 0 amide bonds. The Balaban J connectivity index is 1.57. The van der Waals surface area contributed by atoms with Crippen molar-refractivity contribution in [3.05, 3.63) is 60.2 Å². The number of benzene rings is 2. The molecule has 0 aliphatic carbocycles. The van der Waals surface area contributed by atoms with Gasteiger partial charge in [0.1, 0.15) is 5.75 Å². The van der Waals surface area contributed by atoms with E-state index in [1.807, 2.05) is 18.2 Å². The fraction of sp³-hybridized carbons (Fsp3) is 0.538. The molecule has 0 saturated carbocycles. The van der Waals surface area contributed by atoms with E-state index in [9.17, 15) is 9.46 Å². The molecular weight excluding hydrogens is 391 g/mol. The van der Waals surface area contributed by atoms with Crippen molar-refractivity contribution in [2.75, 3.05) is 0 Å². The highest BCUT2D eigenvalue weighted by Gasteiger charge is 2.24. The zero-order chi connectivity index (χ0) is 21.5. The molecule has 0 aliphatic heterocycles. The van der Waals surface area contributed by atoms with Gasteiger partial charge in [-0.3, -0.25) is 0 Å². The molecule has 0 bridgehead atoms. The molecule has 30 heavy (non-hydrogen) atoms. The number of unbranched alkanes of at least 4 members (excludes halogenated alkanes) is 11. The van der Waals surface area contributed by atoms with Crippen LogP contribution >= 0.6 is 7.60 Å². The lowest BCUT2D eigenvalue weighted by Crippen LogP contribution is -2.09. The summed E-state index contributed by atoms with van der Waals surface area (Å²) in [4.78, 5) is 10.3. The molecule has 0 spiro atoms. The molecule has 0 aromatic heterocycles. The molecule has 3 nitrogen and oxygen atoms in total. The summed E-state index contributed by atoms with van der Waals surface area (Å²) in [5.41, 5.74) is 1.21. The summed E-state index contributed by atoms with van der Waals surface area (Å²) >= 11 is 0. The van der Waals surface area contributed by atoms with Crippen LogP contribution in [0.4, 0.5) is 0 Å². The molecule has 4 heteroatoms. The van der Waals surface area contributed by atoms with Crippen LogP contribution in [0.5, 0.6) is 5.75 Å². The highest BCUT2D eigenvalue weighted by atomic mass is 31.2.